The molecule has 0 spiro atoms. The molecule has 1 amide bonds. The number of hydrogen-bond donors (Lipinski definition) is 3. The number of primary amides is 1. The van der Waals surface area contributed by atoms with E-state index in [9.17, 15) is 4.79 Å². The summed E-state index contributed by atoms with van der Waals surface area (Å²) in [6, 6.07) is 1.63. The largest absolute Gasteiger partial charge is 0.384 e. The molecule has 1 aromatic rings. The van der Waals surface area contributed by atoms with Crippen molar-refractivity contribution in [1.29, 1.82) is 0 Å². The first-order valence-corrected chi connectivity index (χ1v) is 5.15. The van der Waals surface area contributed by atoms with Crippen LogP contribution in [0.5, 0.6) is 0 Å². The molecule has 1 heterocycles. The minimum Gasteiger partial charge on any atom is -0.384 e. The molecule has 0 saturated carbocycles. The number of nitrogens with zero attached hydrogens (tertiary/aromatic N) is 2. The van der Waals surface area contributed by atoms with Crippen LogP contribution in [-0.2, 0) is 4.79 Å². The summed E-state index contributed by atoms with van der Waals surface area (Å²) in [6.45, 7) is 4.42. The van der Waals surface area contributed by atoms with Crippen molar-refractivity contribution in [2.75, 3.05) is 17.6 Å². The van der Waals surface area contributed by atoms with Crippen LogP contribution >= 0.6 is 0 Å². The summed E-state index contributed by atoms with van der Waals surface area (Å²) >= 11 is 0. The van der Waals surface area contributed by atoms with Crippen LogP contribution in [0.25, 0.3) is 0 Å². The van der Waals surface area contributed by atoms with Gasteiger partial charge in [0.2, 0.25) is 5.91 Å². The van der Waals surface area contributed by atoms with Crippen molar-refractivity contribution in [1.82, 2.24) is 9.97 Å². The van der Waals surface area contributed by atoms with Gasteiger partial charge >= 0.3 is 0 Å². The molecule has 0 aliphatic carbocycles. The minimum atomic E-state index is -0.349. The highest BCUT2D eigenvalue weighted by Gasteiger charge is 2.06. The van der Waals surface area contributed by atoms with E-state index in [0.29, 0.717) is 24.0 Å². The molecule has 0 aliphatic heterocycles. The second-order valence-corrected chi connectivity index (χ2v) is 3.83. The van der Waals surface area contributed by atoms with E-state index in [1.54, 1.807) is 6.07 Å². The molecule has 0 atom stereocenters. The highest BCUT2D eigenvalue weighted by Crippen LogP contribution is 2.14. The number of carbonyl (C=O) groups is 1. The first-order chi connectivity index (χ1) is 7.49. The van der Waals surface area contributed by atoms with Gasteiger partial charge in [-0.25, -0.2) is 9.97 Å². The smallest absolute Gasteiger partial charge is 0.219 e. The van der Waals surface area contributed by atoms with Crippen LogP contribution in [0.2, 0.25) is 0 Å². The van der Waals surface area contributed by atoms with Crippen LogP contribution in [-0.4, -0.2) is 22.4 Å². The molecule has 16 heavy (non-hydrogen) atoms. The topological polar surface area (TPSA) is 107 Å². The average molecular weight is 223 g/mol. The van der Waals surface area contributed by atoms with E-state index in [0.717, 1.165) is 0 Å². The summed E-state index contributed by atoms with van der Waals surface area (Å²) in [5.41, 5.74) is 10.7. The Morgan fingerprint density at radius 1 is 1.50 bits per heavy atom. The van der Waals surface area contributed by atoms with E-state index in [1.807, 2.05) is 13.8 Å². The van der Waals surface area contributed by atoms with Crippen molar-refractivity contribution < 1.29 is 4.79 Å². The van der Waals surface area contributed by atoms with Gasteiger partial charge in [-0.05, 0) is 0 Å². The summed E-state index contributed by atoms with van der Waals surface area (Å²) in [5.74, 6) is 1.58. The van der Waals surface area contributed by atoms with Crippen LogP contribution in [0.1, 0.15) is 32.0 Å². The van der Waals surface area contributed by atoms with Gasteiger partial charge < -0.3 is 16.8 Å². The van der Waals surface area contributed by atoms with Crippen LogP contribution in [0, 0.1) is 0 Å². The Morgan fingerprint density at radius 2 is 2.19 bits per heavy atom. The predicted molar refractivity (Wildman–Crippen MR) is 62.8 cm³/mol. The maximum Gasteiger partial charge on any atom is 0.219 e. The third-order valence-corrected chi connectivity index (χ3v) is 1.96. The quantitative estimate of drug-likeness (QED) is 0.672. The van der Waals surface area contributed by atoms with E-state index >= 15 is 0 Å². The van der Waals surface area contributed by atoms with Crippen LogP contribution in [0.3, 0.4) is 0 Å². The number of nitrogen functional groups attached to an aromatic ring is 1. The lowest BCUT2D eigenvalue weighted by Crippen LogP contribution is -2.16. The van der Waals surface area contributed by atoms with Gasteiger partial charge in [-0.15, -0.1) is 0 Å². The van der Waals surface area contributed by atoms with Crippen LogP contribution in [0.4, 0.5) is 11.6 Å². The Balaban J connectivity index is 2.69. The van der Waals surface area contributed by atoms with Gasteiger partial charge in [0.1, 0.15) is 17.5 Å². The Morgan fingerprint density at radius 3 is 2.75 bits per heavy atom. The normalized spacial score (nSPS) is 10.4. The number of anilines is 2. The molecule has 0 aromatic carbocycles. The Labute approximate surface area is 94.5 Å². The number of nitrogens with one attached hydrogen (secondary N) is 1. The zero-order valence-electron chi connectivity index (χ0n) is 9.53. The molecule has 0 unspecified atom stereocenters. The van der Waals surface area contributed by atoms with Gasteiger partial charge in [-0.3, -0.25) is 4.79 Å². The van der Waals surface area contributed by atoms with E-state index in [4.69, 9.17) is 11.5 Å². The molecule has 0 bridgehead atoms. The molecule has 88 valence electrons. The van der Waals surface area contributed by atoms with Gasteiger partial charge in [0.15, 0.2) is 0 Å². The Bertz CT molecular complexity index is 377. The summed E-state index contributed by atoms with van der Waals surface area (Å²) in [5, 5.41) is 2.98. The lowest BCUT2D eigenvalue weighted by atomic mass is 10.2. The number of rotatable bonds is 5. The summed E-state index contributed by atoms with van der Waals surface area (Å²) in [4.78, 5) is 18.9. The molecule has 0 radical (unpaired) electrons. The average Bonchev–Trinajstić information content (AvgIpc) is 2.16. The molecular formula is C10H17N5O. The maximum atomic E-state index is 10.6. The van der Waals surface area contributed by atoms with Crippen molar-refractivity contribution in [3.8, 4) is 0 Å². The first kappa shape index (κ1) is 12.2. The van der Waals surface area contributed by atoms with Crippen molar-refractivity contribution >= 4 is 17.5 Å². The molecule has 1 aromatic heterocycles. The number of aromatic nitrogens is 2. The molecular weight excluding hydrogens is 206 g/mol. The molecule has 1 rings (SSSR count). The summed E-state index contributed by atoms with van der Waals surface area (Å²) in [7, 11) is 0. The van der Waals surface area contributed by atoms with Crippen molar-refractivity contribution in [2.45, 2.75) is 26.2 Å². The number of carbonyl (C=O) groups excluding carboxylic acids is 1. The van der Waals surface area contributed by atoms with Crippen molar-refractivity contribution in [3.05, 3.63) is 11.9 Å². The van der Waals surface area contributed by atoms with Crippen LogP contribution < -0.4 is 16.8 Å². The van der Waals surface area contributed by atoms with Gasteiger partial charge in [-0.2, -0.15) is 0 Å². The Hall–Kier alpha value is -1.85. The molecule has 5 N–H and O–H groups in total. The third-order valence-electron chi connectivity index (χ3n) is 1.96. The fourth-order valence-electron chi connectivity index (χ4n) is 1.15. The lowest BCUT2D eigenvalue weighted by molar-refractivity contribution is -0.117. The number of nitrogens with two attached hydrogens (primary N) is 2. The fraction of sp³-hybridized carbons (Fsp3) is 0.500. The third kappa shape index (κ3) is 3.72. The number of hydrogen-bond acceptors (Lipinski definition) is 5. The fourth-order valence-corrected chi connectivity index (χ4v) is 1.15. The standard InChI is InChI=1S/C10H17N5O/c1-6(2)10-14-7(11)5-9(15-10)13-4-3-8(12)16/h5-6H,3-4H2,1-2H3,(H2,12,16)(H3,11,13,14,15). The minimum absolute atomic E-state index is 0.209. The summed E-state index contributed by atoms with van der Waals surface area (Å²) in [6.07, 6.45) is 0.265. The van der Waals surface area contributed by atoms with E-state index in [-0.39, 0.29) is 18.2 Å². The SMILES string of the molecule is CC(C)c1nc(N)cc(NCCC(N)=O)n1. The second-order valence-electron chi connectivity index (χ2n) is 3.83. The van der Waals surface area contributed by atoms with E-state index in [2.05, 4.69) is 15.3 Å². The maximum absolute atomic E-state index is 10.6. The second kappa shape index (κ2) is 5.29. The lowest BCUT2D eigenvalue weighted by Gasteiger charge is -2.09. The predicted octanol–water partition coefficient (Wildman–Crippen LogP) is 0.469. The van der Waals surface area contributed by atoms with Gasteiger partial charge in [0, 0.05) is 24.9 Å². The summed E-state index contributed by atoms with van der Waals surface area (Å²) < 4.78 is 0. The van der Waals surface area contributed by atoms with Gasteiger partial charge in [-0.1, -0.05) is 13.8 Å². The first-order valence-electron chi connectivity index (χ1n) is 5.15. The van der Waals surface area contributed by atoms with Crippen LogP contribution in [0.15, 0.2) is 6.07 Å². The number of amides is 1. The van der Waals surface area contributed by atoms with Gasteiger partial charge in [0.05, 0.1) is 0 Å². The molecule has 0 saturated heterocycles. The van der Waals surface area contributed by atoms with Crippen molar-refractivity contribution in [3.63, 3.8) is 0 Å². The molecule has 6 heteroatoms. The van der Waals surface area contributed by atoms with Gasteiger partial charge in [0.25, 0.3) is 0 Å². The van der Waals surface area contributed by atoms with E-state index in [1.165, 1.54) is 0 Å². The molecule has 6 nitrogen and oxygen atoms in total. The zero-order chi connectivity index (χ0) is 12.1. The monoisotopic (exact) mass is 223 g/mol. The molecule has 0 aliphatic rings. The Kier molecular flexibility index (Phi) is 4.04. The van der Waals surface area contributed by atoms with E-state index < -0.39 is 0 Å². The molecule has 0 fully saturated rings. The van der Waals surface area contributed by atoms with Crippen molar-refractivity contribution in [2.24, 2.45) is 5.73 Å². The highest BCUT2D eigenvalue weighted by molar-refractivity contribution is 5.74. The zero-order valence-corrected chi connectivity index (χ0v) is 9.53. The highest BCUT2D eigenvalue weighted by atomic mass is 16.1.